The summed E-state index contributed by atoms with van der Waals surface area (Å²) in [6.45, 7) is 11.1. The van der Waals surface area contributed by atoms with Crippen LogP contribution in [0, 0.1) is 13.8 Å². The molecule has 5 heteroatoms. The molecule has 1 saturated heterocycles. The monoisotopic (exact) mass is 292 g/mol. The molecule has 116 valence electrons. The molecular weight excluding hydrogens is 268 g/mol. The molecule has 5 nitrogen and oxygen atoms in total. The third kappa shape index (κ3) is 2.57. The van der Waals surface area contributed by atoms with Gasteiger partial charge in [0, 0.05) is 5.56 Å². The Kier molecular flexibility index (Phi) is 3.87. The highest BCUT2D eigenvalue weighted by Gasteiger charge is 2.46. The van der Waals surface area contributed by atoms with Crippen LogP contribution in [-0.2, 0) is 9.59 Å². The maximum Gasteiger partial charge on any atom is 0.248 e. The summed E-state index contributed by atoms with van der Waals surface area (Å²) in [5, 5.41) is 2.81. The lowest BCUT2D eigenvalue weighted by Gasteiger charge is -2.45. The van der Waals surface area contributed by atoms with E-state index in [1.54, 1.807) is 18.7 Å². The lowest BCUT2D eigenvalue weighted by atomic mass is 9.92. The third-order valence-corrected chi connectivity index (χ3v) is 4.18. The zero-order chi connectivity index (χ0) is 15.9. The Labute approximate surface area is 125 Å². The maximum atomic E-state index is 12.8. The molecule has 0 saturated carbocycles. The second-order valence-electron chi connectivity index (χ2n) is 6.30. The summed E-state index contributed by atoms with van der Waals surface area (Å²) in [6, 6.07) is 1.32. The van der Waals surface area contributed by atoms with E-state index in [-0.39, 0.29) is 17.9 Å². The molecule has 1 fully saturated rings. The molecule has 1 aliphatic rings. The van der Waals surface area contributed by atoms with Crippen molar-refractivity contribution in [2.45, 2.75) is 65.6 Å². The van der Waals surface area contributed by atoms with Crippen LogP contribution in [0.2, 0.25) is 0 Å². The molecule has 0 aliphatic carbocycles. The topological polar surface area (TPSA) is 62.6 Å². The smallest absolute Gasteiger partial charge is 0.248 e. The summed E-state index contributed by atoms with van der Waals surface area (Å²) in [4.78, 5) is 26.8. The van der Waals surface area contributed by atoms with Gasteiger partial charge in [0.1, 0.15) is 23.1 Å². The number of hydrogen-bond acceptors (Lipinski definition) is 3. The molecule has 2 rings (SSSR count). The van der Waals surface area contributed by atoms with Crippen molar-refractivity contribution >= 4 is 11.8 Å². The minimum atomic E-state index is -0.871. The SMILES string of the molecule is CCC1C(=O)NC(C)(C)C(=O)N1C(C)c1cc(C)oc1C. The van der Waals surface area contributed by atoms with Crippen molar-refractivity contribution in [3.05, 3.63) is 23.2 Å². The Morgan fingerprint density at radius 3 is 2.48 bits per heavy atom. The van der Waals surface area contributed by atoms with Crippen molar-refractivity contribution in [2.24, 2.45) is 0 Å². The fraction of sp³-hybridized carbons (Fsp3) is 0.625. The molecule has 1 aromatic heterocycles. The first kappa shape index (κ1) is 15.6. The summed E-state index contributed by atoms with van der Waals surface area (Å²) >= 11 is 0. The van der Waals surface area contributed by atoms with Crippen LogP contribution >= 0.6 is 0 Å². The second kappa shape index (κ2) is 5.20. The fourth-order valence-corrected chi connectivity index (χ4v) is 3.08. The minimum absolute atomic E-state index is 0.0558. The number of hydrogen-bond donors (Lipinski definition) is 1. The van der Waals surface area contributed by atoms with Crippen LogP contribution in [0.15, 0.2) is 10.5 Å². The molecule has 0 aromatic carbocycles. The highest BCUT2D eigenvalue weighted by molar-refractivity contribution is 5.99. The van der Waals surface area contributed by atoms with Crippen LogP contribution in [-0.4, -0.2) is 28.3 Å². The molecule has 1 N–H and O–H groups in total. The van der Waals surface area contributed by atoms with Crippen molar-refractivity contribution in [3.63, 3.8) is 0 Å². The number of nitrogens with zero attached hydrogens (tertiary/aromatic N) is 1. The van der Waals surface area contributed by atoms with E-state index in [0.717, 1.165) is 17.1 Å². The van der Waals surface area contributed by atoms with Gasteiger partial charge in [0.2, 0.25) is 11.8 Å². The molecule has 1 aliphatic heterocycles. The van der Waals surface area contributed by atoms with Gasteiger partial charge in [-0.05, 0) is 47.1 Å². The Morgan fingerprint density at radius 1 is 1.38 bits per heavy atom. The highest BCUT2D eigenvalue weighted by atomic mass is 16.3. The van der Waals surface area contributed by atoms with E-state index in [1.165, 1.54) is 0 Å². The quantitative estimate of drug-likeness (QED) is 0.931. The Balaban J connectivity index is 2.44. The largest absolute Gasteiger partial charge is 0.466 e. The van der Waals surface area contributed by atoms with Crippen molar-refractivity contribution < 1.29 is 14.0 Å². The lowest BCUT2D eigenvalue weighted by molar-refractivity contribution is -0.156. The number of carbonyl (C=O) groups is 2. The highest BCUT2D eigenvalue weighted by Crippen LogP contribution is 2.32. The van der Waals surface area contributed by atoms with E-state index in [9.17, 15) is 9.59 Å². The molecule has 2 heterocycles. The summed E-state index contributed by atoms with van der Waals surface area (Å²) in [7, 11) is 0. The molecule has 2 amide bonds. The molecule has 21 heavy (non-hydrogen) atoms. The van der Waals surface area contributed by atoms with E-state index in [0.29, 0.717) is 6.42 Å². The van der Waals surface area contributed by atoms with Gasteiger partial charge in [0.15, 0.2) is 0 Å². The molecule has 0 radical (unpaired) electrons. The Hall–Kier alpha value is -1.78. The second-order valence-corrected chi connectivity index (χ2v) is 6.30. The van der Waals surface area contributed by atoms with E-state index in [1.807, 2.05) is 33.8 Å². The number of furan rings is 1. The van der Waals surface area contributed by atoms with E-state index >= 15 is 0 Å². The van der Waals surface area contributed by atoms with Crippen LogP contribution < -0.4 is 5.32 Å². The van der Waals surface area contributed by atoms with Gasteiger partial charge in [0.05, 0.1) is 6.04 Å². The fourth-order valence-electron chi connectivity index (χ4n) is 3.08. The number of rotatable bonds is 3. The third-order valence-electron chi connectivity index (χ3n) is 4.18. The zero-order valence-electron chi connectivity index (χ0n) is 13.6. The summed E-state index contributed by atoms with van der Waals surface area (Å²) < 4.78 is 5.57. The first-order chi connectivity index (χ1) is 9.69. The van der Waals surface area contributed by atoms with Crippen molar-refractivity contribution in [3.8, 4) is 0 Å². The summed E-state index contributed by atoms with van der Waals surface area (Å²) in [5.74, 6) is 1.47. The van der Waals surface area contributed by atoms with Gasteiger partial charge < -0.3 is 14.6 Å². The van der Waals surface area contributed by atoms with Crippen molar-refractivity contribution in [1.82, 2.24) is 10.2 Å². The average molecular weight is 292 g/mol. The summed E-state index contributed by atoms with van der Waals surface area (Å²) in [6.07, 6.45) is 0.591. The van der Waals surface area contributed by atoms with E-state index in [4.69, 9.17) is 4.42 Å². The van der Waals surface area contributed by atoms with Crippen molar-refractivity contribution in [1.29, 1.82) is 0 Å². The number of piperazine rings is 1. The molecule has 2 unspecified atom stereocenters. The van der Waals surface area contributed by atoms with Gasteiger partial charge in [-0.25, -0.2) is 0 Å². The van der Waals surface area contributed by atoms with Crippen LogP contribution in [0.25, 0.3) is 0 Å². The van der Waals surface area contributed by atoms with E-state index in [2.05, 4.69) is 5.32 Å². The number of amides is 2. The van der Waals surface area contributed by atoms with Gasteiger partial charge in [0.25, 0.3) is 0 Å². The first-order valence-corrected chi connectivity index (χ1v) is 7.40. The average Bonchev–Trinajstić information content (AvgIpc) is 2.71. The van der Waals surface area contributed by atoms with Crippen LogP contribution in [0.3, 0.4) is 0 Å². The van der Waals surface area contributed by atoms with Crippen LogP contribution in [0.5, 0.6) is 0 Å². The lowest BCUT2D eigenvalue weighted by Crippen LogP contribution is -2.68. The minimum Gasteiger partial charge on any atom is -0.466 e. The van der Waals surface area contributed by atoms with Gasteiger partial charge in [-0.15, -0.1) is 0 Å². The van der Waals surface area contributed by atoms with Gasteiger partial charge in [-0.1, -0.05) is 6.92 Å². The van der Waals surface area contributed by atoms with E-state index < -0.39 is 11.6 Å². The first-order valence-electron chi connectivity index (χ1n) is 7.40. The molecule has 1 aromatic rings. The number of carbonyl (C=O) groups excluding carboxylic acids is 2. The normalized spacial score (nSPS) is 23.1. The van der Waals surface area contributed by atoms with Crippen molar-refractivity contribution in [2.75, 3.05) is 0 Å². The van der Waals surface area contributed by atoms with Gasteiger partial charge in [-0.3, -0.25) is 9.59 Å². The number of nitrogens with one attached hydrogen (secondary N) is 1. The Bertz CT molecular complexity index is 574. The number of aryl methyl sites for hydroxylation is 2. The van der Waals surface area contributed by atoms with Crippen LogP contribution in [0.4, 0.5) is 0 Å². The predicted octanol–water partition coefficient (Wildman–Crippen LogP) is 2.47. The van der Waals surface area contributed by atoms with Gasteiger partial charge in [-0.2, -0.15) is 0 Å². The predicted molar refractivity (Wildman–Crippen MR) is 79.7 cm³/mol. The summed E-state index contributed by atoms with van der Waals surface area (Å²) in [5.41, 5.74) is 0.0914. The zero-order valence-corrected chi connectivity index (χ0v) is 13.6. The molecule has 2 atom stereocenters. The van der Waals surface area contributed by atoms with Crippen LogP contribution in [0.1, 0.15) is 57.2 Å². The maximum absolute atomic E-state index is 12.8. The Morgan fingerprint density at radius 2 is 2.00 bits per heavy atom. The molecule has 0 spiro atoms. The van der Waals surface area contributed by atoms with Gasteiger partial charge >= 0.3 is 0 Å². The molecular formula is C16H24N2O3. The molecule has 0 bridgehead atoms. The standard InChI is InChI=1S/C16H24N2O3/c1-7-13-14(19)17-16(5,6)15(20)18(13)10(3)12-8-9(2)21-11(12)4/h8,10,13H,7H2,1-6H3,(H,17,19).